The molecular weight excluding hydrogens is 458 g/mol. The number of rotatable bonds is 5. The van der Waals surface area contributed by atoms with E-state index in [9.17, 15) is 25.0 Å². The van der Waals surface area contributed by atoms with E-state index in [1.165, 1.54) is 31.4 Å². The number of esters is 1. The number of para-hydroxylation sites is 1. The number of hydrogen-bond donors (Lipinski definition) is 0. The van der Waals surface area contributed by atoms with Gasteiger partial charge in [-0.1, -0.05) is 72.8 Å². The highest BCUT2D eigenvalue weighted by molar-refractivity contribution is 6.06. The van der Waals surface area contributed by atoms with Crippen LogP contribution >= 0.6 is 0 Å². The van der Waals surface area contributed by atoms with E-state index in [-0.39, 0.29) is 11.3 Å². The predicted octanol–water partition coefficient (Wildman–Crippen LogP) is 4.53. The van der Waals surface area contributed by atoms with Crippen molar-refractivity contribution in [3.63, 3.8) is 0 Å². The van der Waals surface area contributed by atoms with Crippen LogP contribution in [0, 0.1) is 26.9 Å². The maximum atomic E-state index is 14.2. The molecule has 0 aliphatic carbocycles. The molecule has 0 radical (unpaired) electrons. The largest absolute Gasteiger partial charge is 0.468 e. The van der Waals surface area contributed by atoms with Gasteiger partial charge in [-0.3, -0.25) is 19.7 Å². The average molecular weight is 479 g/mol. The lowest BCUT2D eigenvalue weighted by molar-refractivity contribution is -0.384. The molecule has 0 N–H and O–H groups in total. The Labute approximate surface area is 207 Å². The van der Waals surface area contributed by atoms with Crippen molar-refractivity contribution in [2.24, 2.45) is 5.41 Å². The molecule has 178 valence electrons. The monoisotopic (exact) mass is 479 g/mol. The van der Waals surface area contributed by atoms with Gasteiger partial charge in [-0.2, -0.15) is 5.26 Å². The second-order valence-corrected chi connectivity index (χ2v) is 8.75. The summed E-state index contributed by atoms with van der Waals surface area (Å²) in [5.74, 6) is -2.08. The van der Waals surface area contributed by atoms with Gasteiger partial charge in [-0.15, -0.1) is 0 Å². The second kappa shape index (κ2) is 8.78. The van der Waals surface area contributed by atoms with Crippen molar-refractivity contribution in [1.29, 1.82) is 5.26 Å². The van der Waals surface area contributed by atoms with Crippen LogP contribution in [0.25, 0.3) is 6.08 Å². The zero-order valence-corrected chi connectivity index (χ0v) is 19.3. The number of benzene rings is 3. The molecule has 8 nitrogen and oxygen atoms in total. The van der Waals surface area contributed by atoms with Crippen LogP contribution in [0.5, 0.6) is 0 Å². The molecule has 1 saturated heterocycles. The smallest absolute Gasteiger partial charge is 0.329 e. The summed E-state index contributed by atoms with van der Waals surface area (Å²) in [6.45, 7) is 0. The lowest BCUT2D eigenvalue weighted by Crippen LogP contribution is -2.46. The number of carbonyl (C=O) groups excluding carboxylic acids is 2. The molecule has 1 fully saturated rings. The van der Waals surface area contributed by atoms with Crippen LogP contribution in [-0.2, 0) is 9.53 Å². The van der Waals surface area contributed by atoms with Gasteiger partial charge in [0.1, 0.15) is 6.04 Å². The fraction of sp³-hybridized carbons (Fsp3) is 0.179. The van der Waals surface area contributed by atoms with E-state index in [2.05, 4.69) is 6.07 Å². The lowest BCUT2D eigenvalue weighted by Gasteiger charge is -2.36. The first-order valence-corrected chi connectivity index (χ1v) is 11.3. The molecule has 0 saturated carbocycles. The Morgan fingerprint density at radius 2 is 1.78 bits per heavy atom. The Bertz CT molecular complexity index is 1440. The van der Waals surface area contributed by atoms with Gasteiger partial charge >= 0.3 is 5.97 Å². The van der Waals surface area contributed by atoms with E-state index in [0.717, 1.165) is 5.56 Å². The van der Waals surface area contributed by atoms with Crippen molar-refractivity contribution in [3.05, 3.63) is 112 Å². The van der Waals surface area contributed by atoms with Crippen LogP contribution in [0.1, 0.15) is 27.4 Å². The number of non-ortho nitro benzene ring substituents is 1. The number of ketones is 1. The Kier molecular flexibility index (Phi) is 5.61. The first-order chi connectivity index (χ1) is 17.4. The number of methoxy groups -OCH3 is 1. The second-order valence-electron chi connectivity index (χ2n) is 8.75. The highest BCUT2D eigenvalue weighted by atomic mass is 16.6. The van der Waals surface area contributed by atoms with Gasteiger partial charge in [0, 0.05) is 29.3 Å². The molecule has 0 unspecified atom stereocenters. The number of carbonyl (C=O) groups is 2. The third-order valence-corrected chi connectivity index (χ3v) is 7.02. The standard InChI is InChI=1S/C28H21N3O5/c1-36-27(33)28(17-29)23-15-14-18-8-5-6-13-22(18)30(23)25(24(28)19-9-3-2-4-10-19)26(32)20-11-7-12-21(16-20)31(34)35/h2-16,23-25H,1H3/t23-,24+,25-,28+/m1/s1. The van der Waals surface area contributed by atoms with Gasteiger partial charge in [-0.25, -0.2) is 0 Å². The summed E-state index contributed by atoms with van der Waals surface area (Å²) < 4.78 is 5.18. The highest BCUT2D eigenvalue weighted by Crippen LogP contribution is 2.56. The van der Waals surface area contributed by atoms with Gasteiger partial charge in [0.2, 0.25) is 0 Å². The number of fused-ring (bicyclic) bond motifs is 3. The van der Waals surface area contributed by atoms with E-state index in [4.69, 9.17) is 4.74 Å². The number of ether oxygens (including phenoxy) is 1. The number of nitrogens with zero attached hydrogens (tertiary/aromatic N) is 3. The summed E-state index contributed by atoms with van der Waals surface area (Å²) >= 11 is 0. The van der Waals surface area contributed by atoms with Crippen molar-refractivity contribution < 1.29 is 19.2 Å². The van der Waals surface area contributed by atoms with E-state index in [1.807, 2.05) is 36.4 Å². The lowest BCUT2D eigenvalue weighted by atomic mass is 9.68. The minimum atomic E-state index is -1.75. The quantitative estimate of drug-likeness (QED) is 0.229. The molecular formula is C28H21N3O5. The van der Waals surface area contributed by atoms with Gasteiger partial charge in [-0.05, 0) is 17.2 Å². The summed E-state index contributed by atoms with van der Waals surface area (Å²) in [6, 6.07) is 22.3. The van der Waals surface area contributed by atoms with Gasteiger partial charge < -0.3 is 9.64 Å². The molecule has 0 bridgehead atoms. The van der Waals surface area contributed by atoms with Crippen LogP contribution < -0.4 is 4.90 Å². The molecule has 5 rings (SSSR count). The number of nitro groups is 1. The van der Waals surface area contributed by atoms with Crippen LogP contribution in [0.2, 0.25) is 0 Å². The molecule has 2 aliphatic rings. The molecule has 4 atom stereocenters. The zero-order chi connectivity index (χ0) is 25.4. The summed E-state index contributed by atoms with van der Waals surface area (Å²) in [4.78, 5) is 40.4. The van der Waals surface area contributed by atoms with Gasteiger partial charge in [0.25, 0.3) is 5.69 Å². The summed E-state index contributed by atoms with van der Waals surface area (Å²) in [7, 11) is 1.23. The first-order valence-electron chi connectivity index (χ1n) is 11.3. The third kappa shape index (κ3) is 3.28. The molecule has 36 heavy (non-hydrogen) atoms. The third-order valence-electron chi connectivity index (χ3n) is 7.02. The summed E-state index contributed by atoms with van der Waals surface area (Å²) in [5.41, 5.74) is 0.297. The van der Waals surface area contributed by atoms with Crippen LogP contribution in [0.3, 0.4) is 0 Å². The normalized spacial score (nSPS) is 23.8. The minimum absolute atomic E-state index is 0.125. The number of hydrogen-bond acceptors (Lipinski definition) is 7. The molecule has 0 amide bonds. The number of nitro benzene ring substituents is 1. The van der Waals surface area contributed by atoms with Gasteiger partial charge in [0.15, 0.2) is 11.2 Å². The van der Waals surface area contributed by atoms with Gasteiger partial charge in [0.05, 0.1) is 24.1 Å². The Balaban J connectivity index is 1.80. The number of anilines is 1. The zero-order valence-electron chi connectivity index (χ0n) is 19.3. The molecule has 3 aromatic carbocycles. The summed E-state index contributed by atoms with van der Waals surface area (Å²) in [5, 5.41) is 22.0. The van der Waals surface area contributed by atoms with E-state index in [0.29, 0.717) is 11.3 Å². The van der Waals surface area contributed by atoms with Crippen molar-refractivity contribution in [3.8, 4) is 6.07 Å². The van der Waals surface area contributed by atoms with Crippen LogP contribution in [0.15, 0.2) is 84.9 Å². The van der Waals surface area contributed by atoms with E-state index >= 15 is 0 Å². The van der Waals surface area contributed by atoms with Crippen LogP contribution in [-0.4, -0.2) is 35.9 Å². The molecule has 2 aliphatic heterocycles. The highest BCUT2D eigenvalue weighted by Gasteiger charge is 2.67. The Morgan fingerprint density at radius 3 is 2.47 bits per heavy atom. The van der Waals surface area contributed by atoms with Crippen molar-refractivity contribution in [1.82, 2.24) is 0 Å². The van der Waals surface area contributed by atoms with Crippen molar-refractivity contribution in [2.45, 2.75) is 18.0 Å². The first kappa shape index (κ1) is 23.0. The van der Waals surface area contributed by atoms with E-state index < -0.39 is 40.1 Å². The minimum Gasteiger partial charge on any atom is -0.468 e. The van der Waals surface area contributed by atoms with Crippen molar-refractivity contribution >= 4 is 29.2 Å². The number of nitriles is 1. The van der Waals surface area contributed by atoms with Crippen LogP contribution in [0.4, 0.5) is 11.4 Å². The maximum absolute atomic E-state index is 14.2. The van der Waals surface area contributed by atoms with Crippen molar-refractivity contribution in [2.75, 3.05) is 12.0 Å². The molecule has 3 aromatic rings. The SMILES string of the molecule is COC(=O)[C@]1(C#N)[C@@H](c2ccccc2)[C@H](C(=O)c2cccc([N+](=O)[O-])c2)N2c3ccccc3C=C[C@@H]21. The number of Topliss-reactive ketones (excluding diaryl/α,β-unsaturated/α-hetero) is 1. The maximum Gasteiger partial charge on any atom is 0.329 e. The fourth-order valence-corrected chi connectivity index (χ4v) is 5.51. The van der Waals surface area contributed by atoms with E-state index in [1.54, 1.807) is 35.2 Å². The molecule has 0 aromatic heterocycles. The molecule has 0 spiro atoms. The average Bonchev–Trinajstić information content (AvgIpc) is 3.24. The Morgan fingerprint density at radius 1 is 1.06 bits per heavy atom. The Hall–Kier alpha value is -4.77. The molecule has 2 heterocycles. The topological polar surface area (TPSA) is 114 Å². The predicted molar refractivity (Wildman–Crippen MR) is 132 cm³/mol. The summed E-state index contributed by atoms with van der Waals surface area (Å²) in [6.07, 6.45) is 3.60. The fourth-order valence-electron chi connectivity index (χ4n) is 5.51. The molecule has 8 heteroatoms.